The van der Waals surface area contributed by atoms with Crippen LogP contribution in [-0.4, -0.2) is 10.4 Å². The molecule has 0 aliphatic carbocycles. The molecule has 0 atom stereocenters. The molecule has 2 rings (SSSR count). The molecule has 0 amide bonds. The van der Waals surface area contributed by atoms with Gasteiger partial charge in [-0.05, 0) is 24.0 Å². The first-order valence-electron chi connectivity index (χ1n) is 5.68. The van der Waals surface area contributed by atoms with Gasteiger partial charge in [0.05, 0.1) is 5.69 Å². The number of nitrogens with zero attached hydrogens (tertiary/aromatic N) is 1. The number of aromatic nitrogens is 1. The van der Waals surface area contributed by atoms with Gasteiger partial charge >= 0.3 is 0 Å². The number of fused-ring (bicyclic) bond motifs is 1. The van der Waals surface area contributed by atoms with E-state index >= 15 is 0 Å². The third kappa shape index (κ3) is 2.49. The number of carbonyl (C=O) groups excluding carboxylic acids is 1. The summed E-state index contributed by atoms with van der Waals surface area (Å²) in [5.74, 6) is 0.282. The van der Waals surface area contributed by atoms with Gasteiger partial charge in [0.1, 0.15) is 0 Å². The first-order chi connectivity index (χ1) is 6.98. The van der Waals surface area contributed by atoms with Crippen LogP contribution in [0, 0.1) is 12.3 Å². The predicted molar refractivity (Wildman–Crippen MR) is 63.2 cm³/mol. The van der Waals surface area contributed by atoms with Crippen molar-refractivity contribution in [3.05, 3.63) is 23.5 Å². The predicted octanol–water partition coefficient (Wildman–Crippen LogP) is 3.44. The molecule has 0 radical (unpaired) electrons. The topological polar surface area (TPSA) is 22.0 Å². The van der Waals surface area contributed by atoms with Gasteiger partial charge in [0.2, 0.25) is 0 Å². The second kappa shape index (κ2) is 4.21. The molecular weight excluding hydrogens is 186 g/mol. The van der Waals surface area contributed by atoms with E-state index in [1.54, 1.807) is 0 Å². The molecule has 0 fully saturated rings. The average molecular weight is 207 g/mol. The molecule has 1 aromatic heterocycles. The van der Waals surface area contributed by atoms with E-state index in [9.17, 15) is 4.79 Å². The zero-order chi connectivity index (χ0) is 11.6. The summed E-state index contributed by atoms with van der Waals surface area (Å²) in [6.45, 7) is 11.3. The van der Waals surface area contributed by atoms with Crippen LogP contribution in [0.4, 0.5) is 0 Å². The molecule has 0 unspecified atom stereocenters. The van der Waals surface area contributed by atoms with E-state index in [2.05, 4.69) is 24.6 Å². The van der Waals surface area contributed by atoms with Crippen LogP contribution in [0.25, 0.3) is 0 Å². The molecule has 0 aromatic carbocycles. The fraction of sp³-hybridized carbons (Fsp3) is 0.615. The Labute approximate surface area is 92.3 Å². The molecule has 2 nitrogen and oxygen atoms in total. The molecule has 2 heterocycles. The average Bonchev–Trinajstić information content (AvgIpc) is 2.47. The van der Waals surface area contributed by atoms with E-state index < -0.39 is 0 Å². The van der Waals surface area contributed by atoms with Crippen molar-refractivity contribution in [2.75, 3.05) is 0 Å². The minimum absolute atomic E-state index is 0.121. The second-order valence-electron chi connectivity index (χ2n) is 4.79. The maximum Gasteiger partial charge on any atom is 0.179 e. The lowest BCUT2D eigenvalue weighted by atomic mass is 9.84. The van der Waals surface area contributed by atoms with Crippen molar-refractivity contribution in [1.82, 2.24) is 4.57 Å². The lowest BCUT2D eigenvalue weighted by molar-refractivity contribution is 0.0870. The first-order valence-corrected chi connectivity index (χ1v) is 5.68. The number of Topliss-reactive ketones (excluding diaryl/α,β-unsaturated/α-hetero) is 1. The quantitative estimate of drug-likeness (QED) is 0.638. The molecule has 15 heavy (non-hydrogen) atoms. The fourth-order valence-corrected chi connectivity index (χ4v) is 2.06. The van der Waals surface area contributed by atoms with Crippen molar-refractivity contribution in [2.24, 2.45) is 5.41 Å². The molecule has 1 aliphatic heterocycles. The number of hydrogen-bond acceptors (Lipinski definition) is 1. The summed E-state index contributed by atoms with van der Waals surface area (Å²) in [5.41, 5.74) is 2.19. The third-order valence-electron chi connectivity index (χ3n) is 2.56. The Morgan fingerprint density at radius 3 is 2.53 bits per heavy atom. The van der Waals surface area contributed by atoms with Gasteiger partial charge in [-0.2, -0.15) is 0 Å². The largest absolute Gasteiger partial charge is 0.344 e. The first kappa shape index (κ1) is 12.0. The summed E-state index contributed by atoms with van der Waals surface area (Å²) < 4.78 is 2.08. The maximum atomic E-state index is 11.7. The van der Waals surface area contributed by atoms with Gasteiger partial charge in [0, 0.05) is 19.2 Å². The summed E-state index contributed by atoms with van der Waals surface area (Å²) in [6, 6.07) is 1.98. The van der Waals surface area contributed by atoms with Crippen LogP contribution in [0.3, 0.4) is 0 Å². The molecule has 0 bridgehead atoms. The Hall–Kier alpha value is -1.05. The van der Waals surface area contributed by atoms with Gasteiger partial charge in [-0.25, -0.2) is 0 Å². The summed E-state index contributed by atoms with van der Waals surface area (Å²) in [5, 5.41) is 0. The molecule has 0 saturated heterocycles. The molecule has 84 valence electrons. The molecule has 0 saturated carbocycles. The maximum absolute atomic E-state index is 11.7. The van der Waals surface area contributed by atoms with Crippen molar-refractivity contribution in [2.45, 2.75) is 47.6 Å². The van der Waals surface area contributed by atoms with E-state index in [0.717, 1.165) is 12.2 Å². The minimum atomic E-state index is 0.121. The zero-order valence-electron chi connectivity index (χ0n) is 10.4. The van der Waals surface area contributed by atoms with E-state index in [1.807, 2.05) is 26.8 Å². The van der Waals surface area contributed by atoms with Crippen molar-refractivity contribution < 1.29 is 4.79 Å². The molecule has 0 spiro atoms. The third-order valence-corrected chi connectivity index (χ3v) is 2.56. The van der Waals surface area contributed by atoms with Gasteiger partial charge in [-0.15, -0.1) is 0 Å². The standard InChI is InChI=1S/C11H15NO.C2H6/c1-8-4-9-10(13)5-11(2,3)7-12(9)6-8;1-2/h4,6H,5,7H2,1-3H3;1-2H3. The molecule has 1 aromatic rings. The highest BCUT2D eigenvalue weighted by Gasteiger charge is 2.30. The highest BCUT2D eigenvalue weighted by molar-refractivity contribution is 5.96. The van der Waals surface area contributed by atoms with Crippen LogP contribution in [0.1, 0.15) is 50.2 Å². The second-order valence-corrected chi connectivity index (χ2v) is 4.79. The number of carbonyl (C=O) groups is 1. The fourth-order valence-electron chi connectivity index (χ4n) is 2.06. The van der Waals surface area contributed by atoms with Crippen LogP contribution in [-0.2, 0) is 6.54 Å². The smallest absolute Gasteiger partial charge is 0.179 e. The number of aryl methyl sites for hydroxylation is 1. The van der Waals surface area contributed by atoms with E-state index in [4.69, 9.17) is 0 Å². The summed E-state index contributed by atoms with van der Waals surface area (Å²) in [4.78, 5) is 11.7. The Morgan fingerprint density at radius 2 is 1.93 bits per heavy atom. The Balaban J connectivity index is 0.000000531. The summed E-state index contributed by atoms with van der Waals surface area (Å²) in [7, 11) is 0. The Morgan fingerprint density at radius 1 is 1.33 bits per heavy atom. The van der Waals surface area contributed by atoms with E-state index in [1.165, 1.54) is 5.56 Å². The highest BCUT2D eigenvalue weighted by Crippen LogP contribution is 2.31. The van der Waals surface area contributed by atoms with Crippen molar-refractivity contribution in [3.63, 3.8) is 0 Å². The van der Waals surface area contributed by atoms with Gasteiger partial charge in [0.15, 0.2) is 5.78 Å². The Bertz CT molecular complexity index is 361. The number of hydrogen-bond donors (Lipinski definition) is 0. The molecule has 1 aliphatic rings. The van der Waals surface area contributed by atoms with Gasteiger partial charge in [0.25, 0.3) is 0 Å². The lowest BCUT2D eigenvalue weighted by Crippen LogP contribution is -2.30. The molecule has 2 heteroatoms. The minimum Gasteiger partial charge on any atom is -0.344 e. The van der Waals surface area contributed by atoms with Crippen molar-refractivity contribution in [1.29, 1.82) is 0 Å². The number of ketones is 1. The van der Waals surface area contributed by atoms with Crippen molar-refractivity contribution >= 4 is 5.78 Å². The summed E-state index contributed by atoms with van der Waals surface area (Å²) >= 11 is 0. The Kier molecular flexibility index (Phi) is 3.38. The van der Waals surface area contributed by atoms with E-state index in [-0.39, 0.29) is 11.2 Å². The number of rotatable bonds is 0. The molecular formula is C13H21NO. The van der Waals surface area contributed by atoms with Crippen LogP contribution in [0.5, 0.6) is 0 Å². The van der Waals surface area contributed by atoms with Gasteiger partial charge < -0.3 is 4.57 Å². The van der Waals surface area contributed by atoms with Crippen LogP contribution in [0.2, 0.25) is 0 Å². The highest BCUT2D eigenvalue weighted by atomic mass is 16.1. The summed E-state index contributed by atoms with van der Waals surface area (Å²) in [6.07, 6.45) is 2.74. The van der Waals surface area contributed by atoms with Gasteiger partial charge in [-0.3, -0.25) is 4.79 Å². The SMILES string of the molecule is CC.Cc1cc2n(c1)CC(C)(C)CC2=O. The monoisotopic (exact) mass is 207 g/mol. The zero-order valence-corrected chi connectivity index (χ0v) is 10.4. The lowest BCUT2D eigenvalue weighted by Gasteiger charge is -2.30. The van der Waals surface area contributed by atoms with Gasteiger partial charge in [-0.1, -0.05) is 27.7 Å². The normalized spacial score (nSPS) is 17.8. The van der Waals surface area contributed by atoms with Crippen molar-refractivity contribution in [3.8, 4) is 0 Å². The molecule has 0 N–H and O–H groups in total. The van der Waals surface area contributed by atoms with Crippen LogP contribution >= 0.6 is 0 Å². The van der Waals surface area contributed by atoms with E-state index in [0.29, 0.717) is 6.42 Å². The van der Waals surface area contributed by atoms with Crippen LogP contribution in [0.15, 0.2) is 12.3 Å². The van der Waals surface area contributed by atoms with Crippen LogP contribution < -0.4 is 0 Å².